The Bertz CT molecular complexity index is 834. The van der Waals surface area contributed by atoms with Crippen molar-refractivity contribution < 1.29 is 9.47 Å². The van der Waals surface area contributed by atoms with E-state index in [0.717, 1.165) is 46.7 Å². The highest BCUT2D eigenvalue weighted by molar-refractivity contribution is 14.0. The number of rotatable bonds is 7. The molecule has 0 amide bonds. The Morgan fingerprint density at radius 3 is 2.76 bits per heavy atom. The molecule has 0 radical (unpaired) electrons. The number of nitrogens with zero attached hydrogens (tertiary/aromatic N) is 2. The van der Waals surface area contributed by atoms with Gasteiger partial charge in [-0.15, -0.1) is 35.3 Å². The van der Waals surface area contributed by atoms with Crippen molar-refractivity contribution in [2.45, 2.75) is 60.2 Å². The van der Waals surface area contributed by atoms with Gasteiger partial charge in [0, 0.05) is 29.0 Å². The van der Waals surface area contributed by atoms with Crippen molar-refractivity contribution in [3.8, 4) is 11.5 Å². The van der Waals surface area contributed by atoms with Gasteiger partial charge in [-0.25, -0.2) is 9.98 Å². The second-order valence-electron chi connectivity index (χ2n) is 6.93. The number of halogens is 1. The van der Waals surface area contributed by atoms with Crippen molar-refractivity contribution in [3.05, 3.63) is 38.8 Å². The third-order valence-electron chi connectivity index (χ3n) is 4.61. The van der Waals surface area contributed by atoms with Crippen LogP contribution < -0.4 is 20.1 Å². The molecule has 1 aliphatic rings. The van der Waals surface area contributed by atoms with Gasteiger partial charge in [-0.1, -0.05) is 0 Å². The minimum absolute atomic E-state index is 0. The van der Waals surface area contributed by atoms with Crippen molar-refractivity contribution in [3.63, 3.8) is 0 Å². The summed E-state index contributed by atoms with van der Waals surface area (Å²) in [6.07, 6.45) is 1.14. The lowest BCUT2D eigenvalue weighted by molar-refractivity contribution is 0.254. The zero-order valence-electron chi connectivity index (χ0n) is 17.8. The van der Waals surface area contributed by atoms with E-state index in [1.54, 1.807) is 11.3 Å². The maximum absolute atomic E-state index is 5.91. The van der Waals surface area contributed by atoms with Crippen LogP contribution in [-0.4, -0.2) is 30.2 Å². The van der Waals surface area contributed by atoms with Crippen LogP contribution in [0.4, 0.5) is 0 Å². The van der Waals surface area contributed by atoms with E-state index in [2.05, 4.69) is 48.5 Å². The number of guanidine groups is 1. The molecular weight excluding hydrogens is 499 g/mol. The predicted octanol–water partition coefficient (Wildman–Crippen LogP) is 4.36. The van der Waals surface area contributed by atoms with Crippen molar-refractivity contribution in [1.82, 2.24) is 15.6 Å². The van der Waals surface area contributed by atoms with Crippen LogP contribution in [0.1, 0.15) is 47.5 Å². The second-order valence-corrected chi connectivity index (χ2v) is 8.22. The first kappa shape index (κ1) is 23.7. The van der Waals surface area contributed by atoms with Gasteiger partial charge in [-0.3, -0.25) is 0 Å². The molecule has 2 N–H and O–H groups in total. The molecule has 1 aliphatic heterocycles. The Kier molecular flexibility index (Phi) is 9.01. The van der Waals surface area contributed by atoms with E-state index in [-0.39, 0.29) is 30.1 Å². The minimum atomic E-state index is 0. The summed E-state index contributed by atoms with van der Waals surface area (Å²) in [6, 6.07) is 4.18. The summed E-state index contributed by atoms with van der Waals surface area (Å²) in [5, 5.41) is 7.74. The van der Waals surface area contributed by atoms with E-state index in [9.17, 15) is 0 Å². The largest absolute Gasteiger partial charge is 0.494 e. The van der Waals surface area contributed by atoms with Gasteiger partial charge in [0.05, 0.1) is 25.4 Å². The molecule has 0 saturated carbocycles. The van der Waals surface area contributed by atoms with E-state index < -0.39 is 0 Å². The molecule has 3 rings (SSSR count). The first-order chi connectivity index (χ1) is 13.5. The van der Waals surface area contributed by atoms with Gasteiger partial charge in [-0.2, -0.15) is 0 Å². The minimum Gasteiger partial charge on any atom is -0.494 e. The number of fused-ring (bicyclic) bond motifs is 1. The van der Waals surface area contributed by atoms with Gasteiger partial charge in [0.15, 0.2) is 5.96 Å². The molecule has 1 aromatic heterocycles. The Morgan fingerprint density at radius 2 is 2.10 bits per heavy atom. The fourth-order valence-electron chi connectivity index (χ4n) is 3.17. The highest BCUT2D eigenvalue weighted by Gasteiger charge is 2.21. The predicted molar refractivity (Wildman–Crippen MR) is 130 cm³/mol. The number of nitrogens with one attached hydrogen (secondary N) is 2. The average molecular weight is 530 g/mol. The number of benzene rings is 1. The highest BCUT2D eigenvalue weighted by Crippen LogP contribution is 2.35. The molecule has 0 spiro atoms. The van der Waals surface area contributed by atoms with Crippen LogP contribution in [0.3, 0.4) is 0 Å². The number of ether oxygens (including phenoxy) is 2. The summed E-state index contributed by atoms with van der Waals surface area (Å²) in [7, 11) is 0. The molecule has 160 valence electrons. The first-order valence-electron chi connectivity index (χ1n) is 9.90. The van der Waals surface area contributed by atoms with Crippen LogP contribution in [0.15, 0.2) is 17.1 Å². The standard InChI is InChI=1S/C21H30N4O2S.HI/c1-6-22-21(24-12-20-25-14(4)15(5)28-20)23-11-17-10-19-16(8-13(3)27-19)9-18(17)26-7-2;/h9-10,13H,6-8,11-12H2,1-5H3,(H2,22,23,24);1H. The number of aryl methyl sites for hydroxylation is 2. The normalized spacial score (nSPS) is 15.3. The lowest BCUT2D eigenvalue weighted by Gasteiger charge is -2.13. The summed E-state index contributed by atoms with van der Waals surface area (Å²) < 4.78 is 11.8. The number of hydrogen-bond donors (Lipinski definition) is 2. The maximum atomic E-state index is 5.91. The Labute approximate surface area is 194 Å². The molecule has 0 aliphatic carbocycles. The zero-order valence-corrected chi connectivity index (χ0v) is 20.9. The van der Waals surface area contributed by atoms with Gasteiger partial charge in [0.25, 0.3) is 0 Å². The highest BCUT2D eigenvalue weighted by atomic mass is 127. The van der Waals surface area contributed by atoms with E-state index in [1.165, 1.54) is 10.4 Å². The fourth-order valence-corrected chi connectivity index (χ4v) is 4.05. The number of thiazole rings is 1. The van der Waals surface area contributed by atoms with Crippen LogP contribution in [0.25, 0.3) is 0 Å². The molecule has 2 aromatic rings. The third-order valence-corrected chi connectivity index (χ3v) is 5.68. The summed E-state index contributed by atoms with van der Waals surface area (Å²) >= 11 is 1.72. The Morgan fingerprint density at radius 1 is 1.31 bits per heavy atom. The van der Waals surface area contributed by atoms with Crippen LogP contribution in [0.5, 0.6) is 11.5 Å². The van der Waals surface area contributed by atoms with Crippen molar-refractivity contribution in [1.29, 1.82) is 0 Å². The van der Waals surface area contributed by atoms with E-state index in [0.29, 0.717) is 19.7 Å². The summed E-state index contributed by atoms with van der Waals surface area (Å²) in [5.41, 5.74) is 3.34. The molecule has 29 heavy (non-hydrogen) atoms. The molecule has 1 aromatic carbocycles. The number of aromatic nitrogens is 1. The Hall–Kier alpha value is -1.55. The number of hydrogen-bond acceptors (Lipinski definition) is 5. The molecule has 8 heteroatoms. The van der Waals surface area contributed by atoms with Gasteiger partial charge in [-0.05, 0) is 46.8 Å². The van der Waals surface area contributed by atoms with Gasteiger partial charge in [0.2, 0.25) is 0 Å². The smallest absolute Gasteiger partial charge is 0.191 e. The molecule has 6 nitrogen and oxygen atoms in total. The molecule has 0 bridgehead atoms. The van der Waals surface area contributed by atoms with Crippen LogP contribution >= 0.6 is 35.3 Å². The van der Waals surface area contributed by atoms with Crippen molar-refractivity contribution in [2.75, 3.05) is 13.2 Å². The zero-order chi connectivity index (χ0) is 20.1. The molecule has 1 unspecified atom stereocenters. The number of aliphatic imine (C=N–C) groups is 1. The third kappa shape index (κ3) is 6.21. The van der Waals surface area contributed by atoms with E-state index in [1.807, 2.05) is 13.8 Å². The van der Waals surface area contributed by atoms with Crippen LogP contribution in [0.2, 0.25) is 0 Å². The summed E-state index contributed by atoms with van der Waals surface area (Å²) in [6.45, 7) is 12.9. The first-order valence-corrected chi connectivity index (χ1v) is 10.7. The summed E-state index contributed by atoms with van der Waals surface area (Å²) in [4.78, 5) is 10.6. The van der Waals surface area contributed by atoms with Gasteiger partial charge >= 0.3 is 0 Å². The van der Waals surface area contributed by atoms with Crippen molar-refractivity contribution in [2.24, 2.45) is 4.99 Å². The van der Waals surface area contributed by atoms with Gasteiger partial charge in [0.1, 0.15) is 22.6 Å². The SMILES string of the molecule is CCNC(=NCc1cc2c(cc1OCC)CC(C)O2)NCc1nc(C)c(C)s1.I. The monoisotopic (exact) mass is 530 g/mol. The van der Waals surface area contributed by atoms with Crippen LogP contribution in [-0.2, 0) is 19.5 Å². The average Bonchev–Trinajstić information content (AvgIpc) is 3.17. The molecule has 0 saturated heterocycles. The maximum Gasteiger partial charge on any atom is 0.191 e. The van der Waals surface area contributed by atoms with Gasteiger partial charge < -0.3 is 20.1 Å². The molecule has 0 fully saturated rings. The quantitative estimate of drug-likeness (QED) is 0.317. The lowest BCUT2D eigenvalue weighted by atomic mass is 10.1. The Balaban J connectivity index is 0.00000300. The topological polar surface area (TPSA) is 67.8 Å². The molecule has 2 heterocycles. The van der Waals surface area contributed by atoms with E-state index >= 15 is 0 Å². The molecular formula is C21H31IN4O2S. The second kappa shape index (κ2) is 11.0. The van der Waals surface area contributed by atoms with Crippen LogP contribution in [0, 0.1) is 13.8 Å². The summed E-state index contributed by atoms with van der Waals surface area (Å²) in [5.74, 6) is 2.61. The fraction of sp³-hybridized carbons (Fsp3) is 0.524. The van der Waals surface area contributed by atoms with Crippen molar-refractivity contribution >= 4 is 41.3 Å². The molecule has 1 atom stereocenters. The van der Waals surface area contributed by atoms with E-state index in [4.69, 9.17) is 14.5 Å². The lowest BCUT2D eigenvalue weighted by Crippen LogP contribution is -2.36.